The van der Waals surface area contributed by atoms with E-state index in [4.69, 9.17) is 9.47 Å². The second kappa shape index (κ2) is 9.74. The van der Waals surface area contributed by atoms with Gasteiger partial charge in [-0.15, -0.1) is 0 Å². The first-order chi connectivity index (χ1) is 14.1. The lowest BCUT2D eigenvalue weighted by Gasteiger charge is -2.31. The summed E-state index contributed by atoms with van der Waals surface area (Å²) >= 11 is 0. The van der Waals surface area contributed by atoms with Gasteiger partial charge in [0.1, 0.15) is 11.3 Å². The van der Waals surface area contributed by atoms with Crippen LogP contribution >= 0.6 is 0 Å². The lowest BCUT2D eigenvalue weighted by atomic mass is 9.83. The fourth-order valence-electron chi connectivity index (χ4n) is 3.50. The Kier molecular flexibility index (Phi) is 6.85. The molecule has 1 saturated carbocycles. The first-order valence-corrected chi connectivity index (χ1v) is 9.77. The van der Waals surface area contributed by atoms with Crippen LogP contribution in [0.25, 0.3) is 11.1 Å². The van der Waals surface area contributed by atoms with Crippen molar-refractivity contribution in [1.29, 1.82) is 5.26 Å². The molecule has 6 nitrogen and oxygen atoms in total. The molecule has 1 amide bonds. The van der Waals surface area contributed by atoms with Gasteiger partial charge in [-0.25, -0.2) is 4.79 Å². The third kappa shape index (κ3) is 5.58. The average molecular weight is 392 g/mol. The number of nitriles is 1. The Morgan fingerprint density at radius 2 is 1.66 bits per heavy atom. The molecule has 29 heavy (non-hydrogen) atoms. The lowest BCUT2D eigenvalue weighted by molar-refractivity contribution is -0.150. The minimum absolute atomic E-state index is 0.305. The van der Waals surface area contributed by atoms with Gasteiger partial charge in [0.05, 0.1) is 6.07 Å². The SMILES string of the molecule is N#CC1(NC(=O)COC(=O)COc2ccccc2-c2ccccc2)CCCCC1. The van der Waals surface area contributed by atoms with Crippen molar-refractivity contribution in [2.45, 2.75) is 37.6 Å². The van der Waals surface area contributed by atoms with Crippen molar-refractivity contribution in [1.82, 2.24) is 5.32 Å². The highest BCUT2D eigenvalue weighted by atomic mass is 16.6. The van der Waals surface area contributed by atoms with Gasteiger partial charge in [0.2, 0.25) is 0 Å². The number of hydrogen-bond acceptors (Lipinski definition) is 5. The minimum Gasteiger partial charge on any atom is -0.481 e. The van der Waals surface area contributed by atoms with Gasteiger partial charge in [0.15, 0.2) is 13.2 Å². The number of amides is 1. The molecule has 0 aromatic heterocycles. The maximum Gasteiger partial charge on any atom is 0.344 e. The Bertz CT molecular complexity index is 883. The second-order valence-electron chi connectivity index (χ2n) is 7.11. The number of nitrogens with zero attached hydrogens (tertiary/aromatic N) is 1. The number of carbonyl (C=O) groups is 2. The number of rotatable bonds is 7. The number of hydrogen-bond donors (Lipinski definition) is 1. The maximum absolute atomic E-state index is 12.1. The molecule has 2 aromatic carbocycles. The van der Waals surface area contributed by atoms with Gasteiger partial charge in [-0.2, -0.15) is 5.26 Å². The van der Waals surface area contributed by atoms with Crippen LogP contribution in [0.1, 0.15) is 32.1 Å². The van der Waals surface area contributed by atoms with Crippen molar-refractivity contribution in [3.8, 4) is 22.9 Å². The standard InChI is InChI=1S/C23H24N2O4/c24-17-23(13-7-2-8-14-23)25-21(26)15-29-22(27)16-28-20-12-6-5-11-19(20)18-9-3-1-4-10-18/h1,3-6,9-12H,2,7-8,13-16H2,(H,25,26). The van der Waals surface area contributed by atoms with Crippen LogP contribution in [0.3, 0.4) is 0 Å². The van der Waals surface area contributed by atoms with Crippen LogP contribution in [0.15, 0.2) is 54.6 Å². The van der Waals surface area contributed by atoms with E-state index in [-0.39, 0.29) is 6.61 Å². The maximum atomic E-state index is 12.1. The van der Waals surface area contributed by atoms with E-state index in [1.807, 2.05) is 48.5 Å². The predicted molar refractivity (Wildman–Crippen MR) is 108 cm³/mol. The van der Waals surface area contributed by atoms with Crippen LogP contribution in [0.5, 0.6) is 5.75 Å². The molecule has 1 aliphatic carbocycles. The van der Waals surface area contributed by atoms with Gasteiger partial charge in [0, 0.05) is 5.56 Å². The molecular formula is C23H24N2O4. The van der Waals surface area contributed by atoms with Gasteiger partial charge in [-0.05, 0) is 24.5 Å². The first kappa shape index (κ1) is 20.4. The summed E-state index contributed by atoms with van der Waals surface area (Å²) in [7, 11) is 0. The highest BCUT2D eigenvalue weighted by Crippen LogP contribution is 2.29. The number of carbonyl (C=O) groups excluding carboxylic acids is 2. The van der Waals surface area contributed by atoms with Gasteiger partial charge in [-0.1, -0.05) is 67.8 Å². The molecular weight excluding hydrogens is 368 g/mol. The summed E-state index contributed by atoms with van der Waals surface area (Å²) in [5, 5.41) is 12.1. The molecule has 150 valence electrons. The summed E-state index contributed by atoms with van der Waals surface area (Å²) in [5.74, 6) is -0.546. The van der Waals surface area contributed by atoms with E-state index < -0.39 is 24.0 Å². The molecule has 0 radical (unpaired) electrons. The zero-order valence-electron chi connectivity index (χ0n) is 16.2. The molecule has 6 heteroatoms. The van der Waals surface area contributed by atoms with Gasteiger partial charge in [-0.3, -0.25) is 4.79 Å². The first-order valence-electron chi connectivity index (χ1n) is 9.77. The van der Waals surface area contributed by atoms with E-state index in [1.54, 1.807) is 6.07 Å². The Balaban J connectivity index is 1.50. The molecule has 0 atom stereocenters. The molecule has 0 unspecified atom stereocenters. The third-order valence-electron chi connectivity index (χ3n) is 4.98. The smallest absolute Gasteiger partial charge is 0.344 e. The average Bonchev–Trinajstić information content (AvgIpc) is 2.77. The summed E-state index contributed by atoms with van der Waals surface area (Å²) in [6, 6.07) is 19.3. The van der Waals surface area contributed by atoms with Crippen molar-refractivity contribution >= 4 is 11.9 Å². The predicted octanol–water partition coefficient (Wildman–Crippen LogP) is 3.62. The van der Waals surface area contributed by atoms with Gasteiger partial charge < -0.3 is 14.8 Å². The molecule has 1 aliphatic rings. The second-order valence-corrected chi connectivity index (χ2v) is 7.11. The highest BCUT2D eigenvalue weighted by molar-refractivity contribution is 5.82. The van der Waals surface area contributed by atoms with Gasteiger partial charge in [0.25, 0.3) is 5.91 Å². The largest absolute Gasteiger partial charge is 0.481 e. The van der Waals surface area contributed by atoms with E-state index in [1.165, 1.54) is 0 Å². The summed E-state index contributed by atoms with van der Waals surface area (Å²) in [6.07, 6.45) is 4.13. The van der Waals surface area contributed by atoms with Crippen molar-refractivity contribution in [2.24, 2.45) is 0 Å². The molecule has 0 aliphatic heterocycles. The van der Waals surface area contributed by atoms with Gasteiger partial charge >= 0.3 is 5.97 Å². The van der Waals surface area contributed by atoms with E-state index in [0.717, 1.165) is 30.4 Å². The molecule has 1 N–H and O–H groups in total. The summed E-state index contributed by atoms with van der Waals surface area (Å²) < 4.78 is 10.6. The van der Waals surface area contributed by atoms with Crippen LogP contribution < -0.4 is 10.1 Å². The number of nitrogens with one attached hydrogen (secondary N) is 1. The fourth-order valence-corrected chi connectivity index (χ4v) is 3.50. The topological polar surface area (TPSA) is 88.4 Å². The third-order valence-corrected chi connectivity index (χ3v) is 4.98. The molecule has 0 bridgehead atoms. The summed E-state index contributed by atoms with van der Waals surface area (Å²) in [6.45, 7) is -0.730. The minimum atomic E-state index is -0.840. The Labute approximate surface area is 170 Å². The van der Waals surface area contributed by atoms with E-state index in [2.05, 4.69) is 11.4 Å². The van der Waals surface area contributed by atoms with E-state index >= 15 is 0 Å². The lowest BCUT2D eigenvalue weighted by Crippen LogP contribution is -2.50. The zero-order valence-corrected chi connectivity index (χ0v) is 16.2. The molecule has 3 rings (SSSR count). The van der Waals surface area contributed by atoms with E-state index in [9.17, 15) is 14.9 Å². The van der Waals surface area contributed by atoms with Crippen LogP contribution in [0.2, 0.25) is 0 Å². The fraction of sp³-hybridized carbons (Fsp3) is 0.348. The number of ether oxygens (including phenoxy) is 2. The Hall–Kier alpha value is -3.33. The van der Waals surface area contributed by atoms with Crippen LogP contribution in [0, 0.1) is 11.3 Å². The van der Waals surface area contributed by atoms with Crippen LogP contribution in [-0.4, -0.2) is 30.6 Å². The molecule has 0 heterocycles. The Morgan fingerprint density at radius 1 is 0.966 bits per heavy atom. The molecule has 2 aromatic rings. The molecule has 0 spiro atoms. The van der Waals surface area contributed by atoms with Crippen LogP contribution in [-0.2, 0) is 14.3 Å². The van der Waals surface area contributed by atoms with Crippen molar-refractivity contribution in [3.05, 3.63) is 54.6 Å². The quantitative estimate of drug-likeness (QED) is 0.727. The van der Waals surface area contributed by atoms with Crippen molar-refractivity contribution in [2.75, 3.05) is 13.2 Å². The van der Waals surface area contributed by atoms with Crippen LogP contribution in [0.4, 0.5) is 0 Å². The normalized spacial score (nSPS) is 15.0. The highest BCUT2D eigenvalue weighted by Gasteiger charge is 2.33. The summed E-state index contributed by atoms with van der Waals surface area (Å²) in [5.41, 5.74) is 1.00. The van der Waals surface area contributed by atoms with E-state index in [0.29, 0.717) is 18.6 Å². The Morgan fingerprint density at radius 3 is 2.38 bits per heavy atom. The number of para-hydroxylation sites is 1. The molecule has 1 fully saturated rings. The zero-order chi connectivity index (χ0) is 20.5. The molecule has 0 saturated heterocycles. The number of benzene rings is 2. The van der Waals surface area contributed by atoms with Crippen molar-refractivity contribution in [3.63, 3.8) is 0 Å². The number of esters is 1. The monoisotopic (exact) mass is 392 g/mol. The van der Waals surface area contributed by atoms with Crippen molar-refractivity contribution < 1.29 is 19.1 Å². The summed E-state index contributed by atoms with van der Waals surface area (Å²) in [4.78, 5) is 24.1.